The summed E-state index contributed by atoms with van der Waals surface area (Å²) in [6.07, 6.45) is 6.40. The zero-order valence-electron chi connectivity index (χ0n) is 19.2. The van der Waals surface area contributed by atoms with Gasteiger partial charge < -0.3 is 4.90 Å². The largest absolute Gasteiger partial charge is 0.303 e. The number of pyridine rings is 1. The van der Waals surface area contributed by atoms with Crippen molar-refractivity contribution in [1.29, 1.82) is 0 Å². The lowest BCUT2D eigenvalue weighted by Gasteiger charge is -2.39. The average Bonchev–Trinajstić information content (AvgIpc) is 3.00. The van der Waals surface area contributed by atoms with Gasteiger partial charge in [0.15, 0.2) is 0 Å². The summed E-state index contributed by atoms with van der Waals surface area (Å²) < 4.78 is 12.4. The van der Waals surface area contributed by atoms with Gasteiger partial charge in [0, 0.05) is 25.8 Å². The lowest BCUT2D eigenvalue weighted by atomic mass is 9.87. The summed E-state index contributed by atoms with van der Waals surface area (Å²) in [4.78, 5) is 6.99. The Labute approximate surface area is 211 Å². The molecule has 2 heterocycles. The van der Waals surface area contributed by atoms with Crippen LogP contribution in [0.2, 0.25) is 10.0 Å². The Hall–Kier alpha value is -2.20. The number of benzene rings is 2. The fourth-order valence-corrected chi connectivity index (χ4v) is 5.84. The number of rotatable bonds is 7. The maximum Gasteiger partial charge on any atom is 0.0906 e. The monoisotopic (exact) mass is 494 g/mol. The highest BCUT2D eigenvalue weighted by Crippen LogP contribution is 2.41. The number of alkyl halides is 1. The average molecular weight is 495 g/mol. The lowest BCUT2D eigenvalue weighted by molar-refractivity contribution is 0.0968. The zero-order valence-corrected chi connectivity index (χ0v) is 20.8. The van der Waals surface area contributed by atoms with E-state index >= 15 is 0 Å². The highest BCUT2D eigenvalue weighted by molar-refractivity contribution is 6.35. The van der Waals surface area contributed by atoms with Crippen molar-refractivity contribution in [3.63, 3.8) is 0 Å². The van der Waals surface area contributed by atoms with Crippen LogP contribution in [-0.4, -0.2) is 36.2 Å². The van der Waals surface area contributed by atoms with Gasteiger partial charge in [-0.2, -0.15) is 0 Å². The van der Waals surface area contributed by atoms with Gasteiger partial charge in [-0.15, -0.1) is 0 Å². The second-order valence-electron chi connectivity index (χ2n) is 9.42. The van der Waals surface area contributed by atoms with Crippen LogP contribution in [0.1, 0.15) is 47.2 Å². The summed E-state index contributed by atoms with van der Waals surface area (Å²) in [7, 11) is 0. The van der Waals surface area contributed by atoms with E-state index in [9.17, 15) is 4.39 Å². The number of allylic oxidation sites excluding steroid dienone is 1. The lowest BCUT2D eigenvalue weighted by Crippen LogP contribution is -2.47. The second kappa shape index (κ2) is 10.6. The maximum absolute atomic E-state index is 12.4. The van der Waals surface area contributed by atoms with Gasteiger partial charge in [-0.25, -0.2) is 0 Å². The summed E-state index contributed by atoms with van der Waals surface area (Å²) in [6.45, 7) is 2.81. The smallest absolute Gasteiger partial charge is 0.0906 e. The molecule has 1 aromatic heterocycles. The first-order valence-corrected chi connectivity index (χ1v) is 12.9. The molecule has 0 amide bonds. The van der Waals surface area contributed by atoms with Crippen LogP contribution in [-0.2, 0) is 12.8 Å². The summed E-state index contributed by atoms with van der Waals surface area (Å²) in [5.74, 6) is 0.663. The van der Waals surface area contributed by atoms with Crippen LogP contribution >= 0.6 is 23.2 Å². The first-order valence-electron chi connectivity index (χ1n) is 12.1. The van der Waals surface area contributed by atoms with Crippen LogP contribution in [0.5, 0.6) is 0 Å². The van der Waals surface area contributed by atoms with Gasteiger partial charge in [-0.3, -0.25) is 9.37 Å². The number of hydrogen-bond donors (Lipinski definition) is 0. The fraction of sp³-hybridized carbons (Fsp3) is 0.345. The molecule has 0 spiro atoms. The molecule has 2 nitrogen and oxygen atoms in total. The number of likely N-dealkylation sites (tertiary alicyclic amines) is 1. The molecule has 176 valence electrons. The van der Waals surface area contributed by atoms with Crippen LogP contribution in [0.3, 0.4) is 0 Å². The second-order valence-corrected chi connectivity index (χ2v) is 10.3. The van der Waals surface area contributed by atoms with E-state index in [0.29, 0.717) is 22.4 Å². The van der Waals surface area contributed by atoms with Crippen molar-refractivity contribution in [2.24, 2.45) is 5.92 Å². The van der Waals surface area contributed by atoms with Gasteiger partial charge in [0.05, 0.1) is 22.4 Å². The maximum atomic E-state index is 12.4. The van der Waals surface area contributed by atoms with Gasteiger partial charge in [-0.1, -0.05) is 71.7 Å². The van der Waals surface area contributed by atoms with E-state index in [4.69, 9.17) is 23.2 Å². The molecule has 0 N–H and O–H groups in total. The predicted octanol–water partition coefficient (Wildman–Crippen LogP) is 7.52. The molecule has 1 fully saturated rings. The van der Waals surface area contributed by atoms with Gasteiger partial charge >= 0.3 is 0 Å². The highest BCUT2D eigenvalue weighted by atomic mass is 35.5. The molecule has 2 aliphatic rings. The molecule has 2 aromatic carbocycles. The third-order valence-corrected chi connectivity index (χ3v) is 7.46. The van der Waals surface area contributed by atoms with Gasteiger partial charge in [-0.05, 0) is 77.5 Å². The standard InChI is InChI=1S/C29H29Cl2FN2/c30-24-16-27(31)29(33-17-24)26-8-3-6-22-5-1-2-7-25(22)28(26)23-11-9-20(10-12-23)15-21-18-34(19-21)14-4-13-32/h1-2,5,7,9-12,16-17,21H,3-4,6,8,13-15,18-19H2. The minimum atomic E-state index is -0.222. The van der Waals surface area contributed by atoms with E-state index in [1.807, 2.05) is 0 Å². The Kier molecular flexibility index (Phi) is 7.34. The Morgan fingerprint density at radius 1 is 1.00 bits per heavy atom. The molecule has 5 heteroatoms. The molecule has 34 heavy (non-hydrogen) atoms. The molecule has 1 aliphatic carbocycles. The van der Waals surface area contributed by atoms with E-state index in [1.165, 1.54) is 33.4 Å². The van der Waals surface area contributed by atoms with Crippen molar-refractivity contribution < 1.29 is 4.39 Å². The third kappa shape index (κ3) is 5.07. The van der Waals surface area contributed by atoms with Crippen molar-refractivity contribution >= 4 is 34.3 Å². The number of halogens is 3. The summed E-state index contributed by atoms with van der Waals surface area (Å²) in [6, 6.07) is 19.5. The molecule has 3 aromatic rings. The Morgan fingerprint density at radius 3 is 2.56 bits per heavy atom. The topological polar surface area (TPSA) is 16.1 Å². The Balaban J connectivity index is 1.47. The quantitative estimate of drug-likeness (QED) is 0.337. The van der Waals surface area contributed by atoms with Crippen LogP contribution in [0.25, 0.3) is 11.1 Å². The predicted molar refractivity (Wildman–Crippen MR) is 140 cm³/mol. The first-order chi connectivity index (χ1) is 16.6. The minimum absolute atomic E-state index is 0.222. The first kappa shape index (κ1) is 23.5. The minimum Gasteiger partial charge on any atom is -0.303 e. The summed E-state index contributed by atoms with van der Waals surface area (Å²) >= 11 is 12.8. The molecule has 0 saturated carbocycles. The molecule has 0 bridgehead atoms. The van der Waals surface area contributed by atoms with Gasteiger partial charge in [0.25, 0.3) is 0 Å². The van der Waals surface area contributed by atoms with Crippen molar-refractivity contribution in [1.82, 2.24) is 9.88 Å². The van der Waals surface area contributed by atoms with Crippen LogP contribution in [0.4, 0.5) is 4.39 Å². The van der Waals surface area contributed by atoms with E-state index in [1.54, 1.807) is 12.3 Å². The van der Waals surface area contributed by atoms with Crippen LogP contribution in [0.15, 0.2) is 60.8 Å². The molecule has 0 radical (unpaired) electrons. The Morgan fingerprint density at radius 2 is 1.79 bits per heavy atom. The number of nitrogens with zero attached hydrogens (tertiary/aromatic N) is 2. The molecule has 0 atom stereocenters. The normalized spacial score (nSPS) is 16.8. The fourth-order valence-electron chi connectivity index (χ4n) is 5.34. The van der Waals surface area contributed by atoms with E-state index in [0.717, 1.165) is 51.0 Å². The van der Waals surface area contributed by atoms with E-state index in [2.05, 4.69) is 58.4 Å². The highest BCUT2D eigenvalue weighted by Gasteiger charge is 2.26. The van der Waals surface area contributed by atoms with Gasteiger partial charge in [0.2, 0.25) is 0 Å². The molecule has 5 rings (SSSR count). The summed E-state index contributed by atoms with van der Waals surface area (Å²) in [5.41, 5.74) is 8.40. The molecule has 1 saturated heterocycles. The number of aromatic nitrogens is 1. The van der Waals surface area contributed by atoms with Crippen molar-refractivity contribution in [2.75, 3.05) is 26.3 Å². The third-order valence-electron chi connectivity index (χ3n) is 6.96. The summed E-state index contributed by atoms with van der Waals surface area (Å²) in [5, 5.41) is 1.15. The number of hydrogen-bond acceptors (Lipinski definition) is 2. The van der Waals surface area contributed by atoms with Crippen LogP contribution in [0, 0.1) is 5.92 Å². The van der Waals surface area contributed by atoms with E-state index in [-0.39, 0.29) is 6.67 Å². The van der Waals surface area contributed by atoms with Crippen molar-refractivity contribution in [2.45, 2.75) is 32.1 Å². The van der Waals surface area contributed by atoms with Gasteiger partial charge in [0.1, 0.15) is 0 Å². The molecular weight excluding hydrogens is 466 g/mol. The van der Waals surface area contributed by atoms with E-state index < -0.39 is 0 Å². The zero-order chi connectivity index (χ0) is 23.5. The molecule has 0 unspecified atom stereocenters. The van der Waals surface area contributed by atoms with Crippen molar-refractivity contribution in [3.05, 3.63) is 98.8 Å². The molecular formula is C29H29Cl2FN2. The Bertz CT molecular complexity index is 1180. The number of aryl methyl sites for hydroxylation is 1. The molecule has 1 aliphatic heterocycles. The van der Waals surface area contributed by atoms with Crippen molar-refractivity contribution in [3.8, 4) is 0 Å². The SMILES string of the molecule is FCCCN1CC(Cc2ccc(C3=C(c4ncc(Cl)cc4Cl)CCCc4ccccc43)cc2)C1. The number of fused-ring (bicyclic) bond motifs is 1. The van der Waals surface area contributed by atoms with Crippen LogP contribution < -0.4 is 0 Å².